The number of nitriles is 1. The van der Waals surface area contributed by atoms with Crippen LogP contribution in [-0.4, -0.2) is 38.2 Å². The molecule has 6 heteroatoms. The van der Waals surface area contributed by atoms with E-state index in [0.29, 0.717) is 17.0 Å². The summed E-state index contributed by atoms with van der Waals surface area (Å²) in [6.45, 7) is 15.6. The van der Waals surface area contributed by atoms with Gasteiger partial charge in [-0.25, -0.2) is 4.98 Å². The molecule has 0 saturated carbocycles. The van der Waals surface area contributed by atoms with E-state index in [4.69, 9.17) is 4.98 Å². The molecular formula is C32H40N4O2. The summed E-state index contributed by atoms with van der Waals surface area (Å²) in [6, 6.07) is 8.97. The third kappa shape index (κ3) is 5.12. The molecule has 0 spiro atoms. The molecule has 0 radical (unpaired) electrons. The SMILES string of the molecule is Cc1c(CC(=O)c2cccc(C#N)c2)cnc2c1c([C@@H]1CCN(C(=O)[C@H](C)C(C)(C)C)C(C)(C)C1)cn2C. The molecule has 3 heterocycles. The lowest BCUT2D eigenvalue weighted by Crippen LogP contribution is -2.55. The normalized spacial score (nSPS) is 18.3. The third-order valence-corrected chi connectivity index (χ3v) is 8.60. The van der Waals surface area contributed by atoms with Crippen molar-refractivity contribution in [3.05, 3.63) is 64.5 Å². The predicted octanol–water partition coefficient (Wildman–Crippen LogP) is 6.35. The molecule has 38 heavy (non-hydrogen) atoms. The third-order valence-electron chi connectivity index (χ3n) is 8.60. The number of piperidine rings is 1. The van der Waals surface area contributed by atoms with Crippen molar-refractivity contribution in [2.24, 2.45) is 18.4 Å². The fourth-order valence-electron chi connectivity index (χ4n) is 5.78. The van der Waals surface area contributed by atoms with Crippen LogP contribution in [-0.2, 0) is 18.3 Å². The number of Topliss-reactive ketones (excluding diaryl/α,β-unsaturated/α-hetero) is 1. The van der Waals surface area contributed by atoms with Gasteiger partial charge in [-0.1, -0.05) is 39.8 Å². The number of amides is 1. The van der Waals surface area contributed by atoms with Crippen LogP contribution < -0.4 is 0 Å². The summed E-state index contributed by atoms with van der Waals surface area (Å²) >= 11 is 0. The van der Waals surface area contributed by atoms with Crippen LogP contribution in [0.5, 0.6) is 0 Å². The van der Waals surface area contributed by atoms with Gasteiger partial charge in [-0.2, -0.15) is 5.26 Å². The molecule has 2 aromatic heterocycles. The van der Waals surface area contributed by atoms with E-state index in [-0.39, 0.29) is 35.0 Å². The molecule has 2 atom stereocenters. The predicted molar refractivity (Wildman–Crippen MR) is 151 cm³/mol. The molecule has 0 aliphatic carbocycles. The molecule has 200 valence electrons. The quantitative estimate of drug-likeness (QED) is 0.373. The van der Waals surface area contributed by atoms with Gasteiger partial charge in [0.25, 0.3) is 0 Å². The van der Waals surface area contributed by atoms with Crippen molar-refractivity contribution in [1.82, 2.24) is 14.5 Å². The van der Waals surface area contributed by atoms with Crippen molar-refractivity contribution in [3.8, 4) is 6.07 Å². The number of aryl methyl sites for hydroxylation is 2. The summed E-state index contributed by atoms with van der Waals surface area (Å²) in [5.41, 5.74) is 4.83. The van der Waals surface area contributed by atoms with E-state index in [1.807, 2.05) is 20.2 Å². The van der Waals surface area contributed by atoms with Gasteiger partial charge < -0.3 is 9.47 Å². The van der Waals surface area contributed by atoms with Crippen LogP contribution >= 0.6 is 0 Å². The zero-order valence-electron chi connectivity index (χ0n) is 24.1. The van der Waals surface area contributed by atoms with Gasteiger partial charge in [-0.3, -0.25) is 9.59 Å². The molecule has 1 aliphatic heterocycles. The van der Waals surface area contributed by atoms with Crippen molar-refractivity contribution >= 4 is 22.7 Å². The lowest BCUT2D eigenvalue weighted by molar-refractivity contribution is -0.146. The minimum Gasteiger partial charge on any atom is -0.337 e. The average molecular weight is 513 g/mol. The zero-order valence-corrected chi connectivity index (χ0v) is 24.1. The van der Waals surface area contributed by atoms with Crippen LogP contribution in [0.15, 0.2) is 36.7 Å². The molecular weight excluding hydrogens is 472 g/mol. The van der Waals surface area contributed by atoms with Gasteiger partial charge in [-0.05, 0) is 73.8 Å². The maximum Gasteiger partial charge on any atom is 0.226 e. The maximum atomic E-state index is 13.4. The van der Waals surface area contributed by atoms with Crippen molar-refractivity contribution in [2.45, 2.75) is 79.2 Å². The topological polar surface area (TPSA) is 79.0 Å². The molecule has 1 fully saturated rings. The number of benzene rings is 1. The van der Waals surface area contributed by atoms with Gasteiger partial charge in [0.2, 0.25) is 5.91 Å². The van der Waals surface area contributed by atoms with E-state index < -0.39 is 0 Å². The lowest BCUT2D eigenvalue weighted by atomic mass is 9.76. The highest BCUT2D eigenvalue weighted by atomic mass is 16.2. The molecule has 1 saturated heterocycles. The summed E-state index contributed by atoms with van der Waals surface area (Å²) in [7, 11) is 2.02. The minimum atomic E-state index is -0.262. The molecule has 0 N–H and O–H groups in total. The first-order chi connectivity index (χ1) is 17.7. The lowest BCUT2D eigenvalue weighted by Gasteiger charge is -2.48. The van der Waals surface area contributed by atoms with Crippen LogP contribution in [0.25, 0.3) is 11.0 Å². The first-order valence-electron chi connectivity index (χ1n) is 13.5. The smallest absolute Gasteiger partial charge is 0.226 e. The van der Waals surface area contributed by atoms with Crippen molar-refractivity contribution in [1.29, 1.82) is 5.26 Å². The van der Waals surface area contributed by atoms with E-state index in [0.717, 1.165) is 41.5 Å². The molecule has 6 nitrogen and oxygen atoms in total. The number of likely N-dealkylation sites (tertiary alicyclic amines) is 1. The second-order valence-electron chi connectivity index (χ2n) is 12.7. The molecule has 1 aromatic carbocycles. The Morgan fingerprint density at radius 3 is 2.61 bits per heavy atom. The maximum absolute atomic E-state index is 13.4. The van der Waals surface area contributed by atoms with Crippen molar-refractivity contribution in [3.63, 3.8) is 0 Å². The number of nitrogens with zero attached hydrogens (tertiary/aromatic N) is 4. The van der Waals surface area contributed by atoms with E-state index in [9.17, 15) is 14.9 Å². The summed E-state index contributed by atoms with van der Waals surface area (Å²) in [5.74, 6) is 0.459. The fourth-order valence-corrected chi connectivity index (χ4v) is 5.78. The van der Waals surface area contributed by atoms with Gasteiger partial charge >= 0.3 is 0 Å². The minimum absolute atomic E-state index is 0.0234. The average Bonchev–Trinajstić information content (AvgIpc) is 3.20. The number of carbonyl (C=O) groups is 2. The van der Waals surface area contributed by atoms with E-state index in [1.165, 1.54) is 5.56 Å². The van der Waals surface area contributed by atoms with E-state index in [2.05, 4.69) is 63.3 Å². The monoisotopic (exact) mass is 512 g/mol. The Morgan fingerprint density at radius 1 is 1.26 bits per heavy atom. The number of pyridine rings is 1. The van der Waals surface area contributed by atoms with Crippen molar-refractivity contribution < 1.29 is 9.59 Å². The highest BCUT2D eigenvalue weighted by molar-refractivity contribution is 5.98. The first-order valence-corrected chi connectivity index (χ1v) is 13.5. The molecule has 0 unspecified atom stereocenters. The molecule has 4 rings (SSSR count). The number of hydrogen-bond acceptors (Lipinski definition) is 4. The van der Waals surface area contributed by atoms with Gasteiger partial charge in [0, 0.05) is 54.8 Å². The number of rotatable bonds is 5. The Morgan fingerprint density at radius 2 is 1.97 bits per heavy atom. The molecule has 3 aromatic rings. The van der Waals surface area contributed by atoms with E-state index >= 15 is 0 Å². The number of carbonyl (C=O) groups excluding carboxylic acids is 2. The first kappa shape index (κ1) is 27.6. The van der Waals surface area contributed by atoms with Gasteiger partial charge in [0.1, 0.15) is 5.65 Å². The van der Waals surface area contributed by atoms with Gasteiger partial charge in [0.15, 0.2) is 5.78 Å². The van der Waals surface area contributed by atoms with Crippen LogP contribution in [0, 0.1) is 29.6 Å². The van der Waals surface area contributed by atoms with Crippen LogP contribution in [0.4, 0.5) is 0 Å². The Balaban J connectivity index is 1.64. The summed E-state index contributed by atoms with van der Waals surface area (Å²) in [6.07, 6.45) is 6.00. The molecule has 1 amide bonds. The Labute approximate surface area is 226 Å². The summed E-state index contributed by atoms with van der Waals surface area (Å²) in [5, 5.41) is 10.3. The number of hydrogen-bond donors (Lipinski definition) is 0. The molecule has 1 aliphatic rings. The number of fused-ring (bicyclic) bond motifs is 1. The Hall–Kier alpha value is -3.46. The highest BCUT2D eigenvalue weighted by Gasteiger charge is 2.42. The van der Waals surface area contributed by atoms with Gasteiger partial charge in [-0.15, -0.1) is 0 Å². The standard InChI is InChI=1S/C32H40N4O2/c1-20-25(15-27(37)23-11-9-10-22(14-23)17-33)18-34-29-28(20)26(19-35(29)8)24-12-13-36(32(6,7)16-24)30(38)21(2)31(3,4)5/h9-11,14,18-19,21,24H,12-13,15-16H2,1-8H3/t21-,24+/m0/s1. The highest BCUT2D eigenvalue weighted by Crippen LogP contribution is 2.43. The van der Waals surface area contributed by atoms with Crippen LogP contribution in [0.2, 0.25) is 0 Å². The van der Waals surface area contributed by atoms with Gasteiger partial charge in [0.05, 0.1) is 11.6 Å². The zero-order chi connectivity index (χ0) is 28.0. The number of ketones is 1. The molecule has 0 bridgehead atoms. The Kier molecular flexibility index (Phi) is 7.27. The summed E-state index contributed by atoms with van der Waals surface area (Å²) in [4.78, 5) is 33.4. The van der Waals surface area contributed by atoms with Crippen LogP contribution in [0.3, 0.4) is 0 Å². The second kappa shape index (κ2) is 10.0. The summed E-state index contributed by atoms with van der Waals surface area (Å²) < 4.78 is 2.08. The van der Waals surface area contributed by atoms with Crippen molar-refractivity contribution in [2.75, 3.05) is 6.54 Å². The van der Waals surface area contributed by atoms with E-state index in [1.54, 1.807) is 24.3 Å². The largest absolute Gasteiger partial charge is 0.337 e. The van der Waals surface area contributed by atoms with Crippen LogP contribution in [0.1, 0.15) is 92.9 Å². The fraction of sp³-hybridized carbons (Fsp3) is 0.500. The second-order valence-corrected chi connectivity index (χ2v) is 12.7. The number of aromatic nitrogens is 2. The Bertz CT molecular complexity index is 1430.